The number of carbonyl (C=O) groups excluding carboxylic acids is 1. The fourth-order valence-corrected chi connectivity index (χ4v) is 4.73. The summed E-state index contributed by atoms with van der Waals surface area (Å²) >= 11 is 0. The van der Waals surface area contributed by atoms with Crippen LogP contribution in [0.15, 0.2) is 67.0 Å². The molecule has 9 nitrogen and oxygen atoms in total. The molecule has 4 aromatic rings. The number of carbonyl (C=O) groups is 1. The van der Waals surface area contributed by atoms with Crippen molar-refractivity contribution in [2.24, 2.45) is 0 Å². The Labute approximate surface area is 227 Å². The summed E-state index contributed by atoms with van der Waals surface area (Å²) in [4.78, 5) is 29.4. The van der Waals surface area contributed by atoms with Crippen LogP contribution in [-0.2, 0) is 13.1 Å². The van der Waals surface area contributed by atoms with Gasteiger partial charge in [-0.05, 0) is 49.7 Å². The minimum atomic E-state index is -0.143. The third-order valence-electron chi connectivity index (χ3n) is 6.98. The van der Waals surface area contributed by atoms with Crippen LogP contribution < -0.4 is 4.74 Å². The summed E-state index contributed by atoms with van der Waals surface area (Å²) in [6, 6.07) is 16.0. The number of benzene rings is 2. The van der Waals surface area contributed by atoms with Crippen LogP contribution in [0.5, 0.6) is 17.2 Å². The third kappa shape index (κ3) is 5.76. The van der Waals surface area contributed by atoms with E-state index in [0.29, 0.717) is 48.9 Å². The van der Waals surface area contributed by atoms with E-state index < -0.39 is 0 Å². The lowest BCUT2D eigenvalue weighted by molar-refractivity contribution is 0.0623. The number of hydrogen-bond donors (Lipinski definition) is 1. The van der Waals surface area contributed by atoms with E-state index in [4.69, 9.17) is 11.3 Å². The highest BCUT2D eigenvalue weighted by atomic mass is 16.5. The van der Waals surface area contributed by atoms with E-state index in [1.54, 1.807) is 35.4 Å². The molecule has 3 heterocycles. The molecule has 5 rings (SSSR count). The zero-order valence-electron chi connectivity index (χ0n) is 22.0. The van der Waals surface area contributed by atoms with Gasteiger partial charge in [-0.1, -0.05) is 24.3 Å². The van der Waals surface area contributed by atoms with Crippen molar-refractivity contribution in [1.29, 1.82) is 0 Å². The number of aromatic hydroxyl groups is 1. The fraction of sp³-hybridized carbons (Fsp3) is 0.267. The molecule has 1 amide bonds. The zero-order chi connectivity index (χ0) is 27.4. The van der Waals surface area contributed by atoms with Gasteiger partial charge >= 0.3 is 0 Å². The first kappa shape index (κ1) is 25.9. The Hall–Kier alpha value is -4.68. The van der Waals surface area contributed by atoms with Gasteiger partial charge in [-0.25, -0.2) is 9.83 Å². The highest BCUT2D eigenvalue weighted by Gasteiger charge is 2.24. The maximum absolute atomic E-state index is 12.9. The largest absolute Gasteiger partial charge is 0.507 e. The van der Waals surface area contributed by atoms with Gasteiger partial charge in [0.05, 0.1) is 23.5 Å². The molecule has 2 aromatic heterocycles. The average molecular weight is 523 g/mol. The molecule has 1 N–H and O–H groups in total. The Morgan fingerprint density at radius 3 is 2.54 bits per heavy atom. The van der Waals surface area contributed by atoms with Gasteiger partial charge in [-0.15, -0.1) is 0 Å². The standard InChI is InChI=1S/C30H30N6O3/c1-21-28(9-6-12-32-21)39-29-17-23(10-11-26(29)31-3)19-36-22(2)33-18-24(36)20-34-13-15-35(16-14-34)30(38)25-7-4-5-8-27(25)37/h4-12,17-18,37H,13-16,19-20H2,1-2H3. The number of aryl methyl sites for hydroxylation is 2. The van der Waals surface area contributed by atoms with Gasteiger partial charge in [0.15, 0.2) is 0 Å². The first-order valence-electron chi connectivity index (χ1n) is 12.8. The number of nitrogens with zero attached hydrogens (tertiary/aromatic N) is 6. The molecular weight excluding hydrogens is 492 g/mol. The van der Waals surface area contributed by atoms with Gasteiger partial charge in [-0.2, -0.15) is 0 Å². The maximum Gasteiger partial charge on any atom is 0.257 e. The van der Waals surface area contributed by atoms with Gasteiger partial charge in [0, 0.05) is 51.7 Å². The molecule has 1 aliphatic rings. The molecule has 0 unspecified atom stereocenters. The highest BCUT2D eigenvalue weighted by Crippen LogP contribution is 2.34. The summed E-state index contributed by atoms with van der Waals surface area (Å²) in [5.74, 6) is 1.90. The van der Waals surface area contributed by atoms with Crippen molar-refractivity contribution in [1.82, 2.24) is 24.3 Å². The molecule has 0 spiro atoms. The lowest BCUT2D eigenvalue weighted by Gasteiger charge is -2.35. The molecule has 0 radical (unpaired) electrons. The third-order valence-corrected chi connectivity index (χ3v) is 6.98. The van der Waals surface area contributed by atoms with Crippen LogP contribution in [0.3, 0.4) is 0 Å². The molecule has 39 heavy (non-hydrogen) atoms. The van der Waals surface area contributed by atoms with Gasteiger partial charge in [0.25, 0.3) is 5.91 Å². The SMILES string of the molecule is [C-]#[N+]c1ccc(Cn2c(CN3CCN(C(=O)c4ccccc4O)CC3)cnc2C)cc1Oc1cccnc1C. The van der Waals surface area contributed by atoms with Gasteiger partial charge in [0.2, 0.25) is 5.69 Å². The minimum absolute atomic E-state index is 0.0119. The predicted octanol–water partition coefficient (Wildman–Crippen LogP) is 4.95. The van der Waals surface area contributed by atoms with E-state index >= 15 is 0 Å². The van der Waals surface area contributed by atoms with E-state index in [0.717, 1.165) is 35.9 Å². The number of phenolic OH excluding ortho intramolecular Hbond substituents is 1. The molecule has 0 atom stereocenters. The number of hydrogen-bond acceptors (Lipinski definition) is 6. The van der Waals surface area contributed by atoms with Crippen molar-refractivity contribution in [2.45, 2.75) is 26.9 Å². The zero-order valence-corrected chi connectivity index (χ0v) is 22.0. The van der Waals surface area contributed by atoms with Crippen molar-refractivity contribution in [2.75, 3.05) is 26.2 Å². The van der Waals surface area contributed by atoms with Crippen LogP contribution in [0.25, 0.3) is 4.85 Å². The number of para-hydroxylation sites is 1. The summed E-state index contributed by atoms with van der Waals surface area (Å²) in [6.45, 7) is 15.3. The number of amides is 1. The van der Waals surface area contributed by atoms with Crippen LogP contribution in [0.2, 0.25) is 0 Å². The van der Waals surface area contributed by atoms with E-state index in [-0.39, 0.29) is 11.7 Å². The monoisotopic (exact) mass is 522 g/mol. The summed E-state index contributed by atoms with van der Waals surface area (Å²) in [7, 11) is 0. The summed E-state index contributed by atoms with van der Waals surface area (Å²) in [5.41, 5.74) is 3.62. The summed E-state index contributed by atoms with van der Waals surface area (Å²) in [6.07, 6.45) is 3.61. The summed E-state index contributed by atoms with van der Waals surface area (Å²) in [5, 5.41) is 10.1. The predicted molar refractivity (Wildman–Crippen MR) is 147 cm³/mol. The van der Waals surface area contributed by atoms with Crippen molar-refractivity contribution in [3.05, 3.63) is 107 Å². The van der Waals surface area contributed by atoms with Crippen LogP contribution >= 0.6 is 0 Å². The molecule has 198 valence electrons. The second-order valence-electron chi connectivity index (χ2n) is 9.57. The van der Waals surface area contributed by atoms with Gasteiger partial charge in [-0.3, -0.25) is 14.7 Å². The molecule has 0 bridgehead atoms. The molecule has 1 fully saturated rings. The quantitative estimate of drug-likeness (QED) is 0.346. The summed E-state index contributed by atoms with van der Waals surface area (Å²) < 4.78 is 8.26. The topological polar surface area (TPSA) is 88.1 Å². The van der Waals surface area contributed by atoms with Crippen molar-refractivity contribution < 1.29 is 14.6 Å². The number of aromatic nitrogens is 3. The Balaban J connectivity index is 1.26. The highest BCUT2D eigenvalue weighted by molar-refractivity contribution is 5.96. The Kier molecular flexibility index (Phi) is 7.57. The van der Waals surface area contributed by atoms with E-state index in [1.807, 2.05) is 44.3 Å². The van der Waals surface area contributed by atoms with Gasteiger partial charge < -0.3 is 19.3 Å². The maximum atomic E-state index is 12.9. The molecule has 0 aliphatic carbocycles. The molecule has 2 aromatic carbocycles. The Morgan fingerprint density at radius 2 is 1.79 bits per heavy atom. The van der Waals surface area contributed by atoms with Crippen molar-refractivity contribution in [3.8, 4) is 17.2 Å². The fourth-order valence-electron chi connectivity index (χ4n) is 4.73. The molecule has 0 saturated carbocycles. The molecule has 9 heteroatoms. The van der Waals surface area contributed by atoms with E-state index in [9.17, 15) is 9.90 Å². The van der Waals surface area contributed by atoms with Crippen LogP contribution in [-0.4, -0.2) is 61.5 Å². The number of rotatable bonds is 7. The van der Waals surface area contributed by atoms with Crippen LogP contribution in [0, 0.1) is 20.4 Å². The molecule has 1 saturated heterocycles. The normalized spacial score (nSPS) is 13.7. The number of imidazole rings is 1. The Morgan fingerprint density at radius 1 is 1.00 bits per heavy atom. The first-order valence-corrected chi connectivity index (χ1v) is 12.8. The first-order chi connectivity index (χ1) is 18.9. The second kappa shape index (κ2) is 11.4. The smallest absolute Gasteiger partial charge is 0.257 e. The second-order valence-corrected chi connectivity index (χ2v) is 9.57. The number of pyridine rings is 1. The van der Waals surface area contributed by atoms with Gasteiger partial charge in [0.1, 0.15) is 23.1 Å². The number of phenols is 1. The van der Waals surface area contributed by atoms with Crippen molar-refractivity contribution in [3.63, 3.8) is 0 Å². The molecular formula is C30H30N6O3. The lowest BCUT2D eigenvalue weighted by atomic mass is 10.1. The lowest BCUT2D eigenvalue weighted by Crippen LogP contribution is -2.48. The number of ether oxygens (including phenoxy) is 1. The van der Waals surface area contributed by atoms with E-state index in [1.165, 1.54) is 6.07 Å². The van der Waals surface area contributed by atoms with Crippen molar-refractivity contribution >= 4 is 11.6 Å². The number of piperazine rings is 1. The van der Waals surface area contributed by atoms with Crippen LogP contribution in [0.1, 0.15) is 33.1 Å². The average Bonchev–Trinajstić information content (AvgIpc) is 3.28. The molecule has 1 aliphatic heterocycles. The minimum Gasteiger partial charge on any atom is -0.507 e. The Bertz CT molecular complexity index is 1530. The van der Waals surface area contributed by atoms with E-state index in [2.05, 4.69) is 24.3 Å². The van der Waals surface area contributed by atoms with Crippen LogP contribution in [0.4, 0.5) is 5.69 Å².